The molecule has 0 aromatic heterocycles. The zero-order chi connectivity index (χ0) is 12.0. The third-order valence-corrected chi connectivity index (χ3v) is 3.50. The lowest BCUT2D eigenvalue weighted by Crippen LogP contribution is -2.48. The Morgan fingerprint density at radius 1 is 1.56 bits per heavy atom. The molecule has 4 nitrogen and oxygen atoms in total. The molecule has 0 aromatic carbocycles. The Morgan fingerprint density at radius 2 is 2.31 bits per heavy atom. The number of nitrogens with two attached hydrogens (primary N) is 1. The van der Waals surface area contributed by atoms with Crippen molar-refractivity contribution in [1.29, 1.82) is 0 Å². The Bertz CT molecular complexity index is 189. The molecule has 1 heterocycles. The van der Waals surface area contributed by atoms with E-state index in [0.717, 1.165) is 45.8 Å². The summed E-state index contributed by atoms with van der Waals surface area (Å²) in [6.07, 6.45) is 1.42. The maximum Gasteiger partial charge on any atom is 0.0829 e. The third-order valence-electron chi connectivity index (χ3n) is 3.50. The van der Waals surface area contributed by atoms with E-state index in [0.29, 0.717) is 12.1 Å². The van der Waals surface area contributed by atoms with E-state index >= 15 is 0 Å². The van der Waals surface area contributed by atoms with Crippen molar-refractivity contribution in [3.05, 3.63) is 0 Å². The van der Waals surface area contributed by atoms with Gasteiger partial charge in [0.1, 0.15) is 0 Å². The van der Waals surface area contributed by atoms with Crippen LogP contribution in [-0.4, -0.2) is 68.3 Å². The van der Waals surface area contributed by atoms with Gasteiger partial charge in [0.15, 0.2) is 0 Å². The second-order valence-electron chi connectivity index (χ2n) is 4.75. The molecule has 1 aliphatic rings. The third kappa shape index (κ3) is 4.37. The van der Waals surface area contributed by atoms with Gasteiger partial charge < -0.3 is 15.4 Å². The predicted molar refractivity (Wildman–Crippen MR) is 67.6 cm³/mol. The highest BCUT2D eigenvalue weighted by atomic mass is 16.5. The number of morpholine rings is 1. The van der Waals surface area contributed by atoms with Crippen LogP contribution in [0.3, 0.4) is 0 Å². The van der Waals surface area contributed by atoms with Crippen LogP contribution in [0, 0.1) is 0 Å². The van der Waals surface area contributed by atoms with Gasteiger partial charge in [-0.15, -0.1) is 0 Å². The molecule has 16 heavy (non-hydrogen) atoms. The Kier molecular flexibility index (Phi) is 6.28. The van der Waals surface area contributed by atoms with Crippen LogP contribution in [0.5, 0.6) is 0 Å². The van der Waals surface area contributed by atoms with Gasteiger partial charge in [-0.1, -0.05) is 6.92 Å². The van der Waals surface area contributed by atoms with Gasteiger partial charge in [-0.05, 0) is 33.5 Å². The molecule has 2 atom stereocenters. The van der Waals surface area contributed by atoms with Crippen molar-refractivity contribution in [2.75, 3.05) is 46.4 Å². The zero-order valence-electron chi connectivity index (χ0n) is 11.0. The SMILES string of the molecule is CCN1CCOC(CN(C)C(C)CCN)C1. The minimum atomic E-state index is 0.360. The number of ether oxygens (including phenoxy) is 1. The van der Waals surface area contributed by atoms with Crippen LogP contribution >= 0.6 is 0 Å². The fourth-order valence-corrected chi connectivity index (χ4v) is 2.14. The molecule has 0 spiro atoms. The Labute approximate surface area is 99.7 Å². The molecule has 0 aliphatic carbocycles. The Morgan fingerprint density at radius 3 is 2.94 bits per heavy atom. The fourth-order valence-electron chi connectivity index (χ4n) is 2.14. The highest BCUT2D eigenvalue weighted by Crippen LogP contribution is 2.08. The van der Waals surface area contributed by atoms with Gasteiger partial charge in [0.05, 0.1) is 12.7 Å². The maximum absolute atomic E-state index is 5.79. The number of hydrogen-bond donors (Lipinski definition) is 1. The molecule has 2 N–H and O–H groups in total. The summed E-state index contributed by atoms with van der Waals surface area (Å²) in [4.78, 5) is 4.81. The van der Waals surface area contributed by atoms with Crippen molar-refractivity contribution in [3.8, 4) is 0 Å². The van der Waals surface area contributed by atoms with Crippen LogP contribution in [0.15, 0.2) is 0 Å². The summed E-state index contributed by atoms with van der Waals surface area (Å²) < 4.78 is 5.79. The van der Waals surface area contributed by atoms with Gasteiger partial charge in [0.2, 0.25) is 0 Å². The molecule has 1 fully saturated rings. The topological polar surface area (TPSA) is 41.7 Å². The average Bonchev–Trinajstić information content (AvgIpc) is 2.29. The molecule has 96 valence electrons. The zero-order valence-corrected chi connectivity index (χ0v) is 11.0. The van der Waals surface area contributed by atoms with Crippen LogP contribution in [-0.2, 0) is 4.74 Å². The van der Waals surface area contributed by atoms with E-state index in [1.54, 1.807) is 0 Å². The predicted octanol–water partition coefficient (Wildman–Crippen LogP) is 0.376. The van der Waals surface area contributed by atoms with E-state index in [9.17, 15) is 0 Å². The molecule has 0 bridgehead atoms. The molecule has 0 saturated carbocycles. The van der Waals surface area contributed by atoms with Gasteiger partial charge in [-0.2, -0.15) is 0 Å². The van der Waals surface area contributed by atoms with Crippen molar-refractivity contribution in [3.63, 3.8) is 0 Å². The number of hydrogen-bond acceptors (Lipinski definition) is 4. The number of likely N-dealkylation sites (N-methyl/N-ethyl adjacent to an activating group) is 2. The molecule has 1 rings (SSSR count). The van der Waals surface area contributed by atoms with E-state index in [1.165, 1.54) is 0 Å². The number of nitrogens with zero attached hydrogens (tertiary/aromatic N) is 2. The van der Waals surface area contributed by atoms with Gasteiger partial charge >= 0.3 is 0 Å². The molecule has 1 aliphatic heterocycles. The van der Waals surface area contributed by atoms with Crippen molar-refractivity contribution in [2.24, 2.45) is 5.73 Å². The van der Waals surface area contributed by atoms with Gasteiger partial charge in [-0.25, -0.2) is 0 Å². The summed E-state index contributed by atoms with van der Waals surface area (Å²) in [7, 11) is 2.16. The van der Waals surface area contributed by atoms with Crippen LogP contribution < -0.4 is 5.73 Å². The first-order valence-corrected chi connectivity index (χ1v) is 6.41. The maximum atomic E-state index is 5.79. The molecular weight excluding hydrogens is 202 g/mol. The minimum absolute atomic E-state index is 0.360. The van der Waals surface area contributed by atoms with Crippen LogP contribution in [0.1, 0.15) is 20.3 Å². The molecule has 0 aromatic rings. The summed E-state index contributed by atoms with van der Waals surface area (Å²) in [6, 6.07) is 0.547. The first-order valence-electron chi connectivity index (χ1n) is 6.41. The molecule has 2 unspecified atom stereocenters. The van der Waals surface area contributed by atoms with E-state index in [-0.39, 0.29) is 0 Å². The first kappa shape index (κ1) is 13.9. The van der Waals surface area contributed by atoms with Crippen molar-refractivity contribution >= 4 is 0 Å². The van der Waals surface area contributed by atoms with Crippen LogP contribution in [0.25, 0.3) is 0 Å². The van der Waals surface area contributed by atoms with Crippen molar-refractivity contribution in [1.82, 2.24) is 9.80 Å². The first-order chi connectivity index (χ1) is 7.67. The second-order valence-corrected chi connectivity index (χ2v) is 4.75. The van der Waals surface area contributed by atoms with Gasteiger partial charge in [0.25, 0.3) is 0 Å². The molecule has 1 saturated heterocycles. The highest BCUT2D eigenvalue weighted by Gasteiger charge is 2.21. The fraction of sp³-hybridized carbons (Fsp3) is 1.00. The van der Waals surface area contributed by atoms with E-state index < -0.39 is 0 Å². The van der Waals surface area contributed by atoms with E-state index in [1.807, 2.05) is 0 Å². The molecule has 0 amide bonds. The minimum Gasteiger partial charge on any atom is -0.374 e. The largest absolute Gasteiger partial charge is 0.374 e. The summed E-state index contributed by atoms with van der Waals surface area (Å²) in [6.45, 7) is 10.4. The lowest BCUT2D eigenvalue weighted by atomic mass is 10.2. The Hall–Kier alpha value is -0.160. The highest BCUT2D eigenvalue weighted by molar-refractivity contribution is 4.75. The van der Waals surface area contributed by atoms with Gasteiger partial charge in [-0.3, -0.25) is 4.90 Å². The quantitative estimate of drug-likeness (QED) is 0.715. The summed E-state index contributed by atoms with van der Waals surface area (Å²) in [5.41, 5.74) is 5.58. The van der Waals surface area contributed by atoms with Crippen molar-refractivity contribution < 1.29 is 4.74 Å². The van der Waals surface area contributed by atoms with E-state index in [2.05, 4.69) is 30.7 Å². The van der Waals surface area contributed by atoms with E-state index in [4.69, 9.17) is 10.5 Å². The summed E-state index contributed by atoms with van der Waals surface area (Å²) >= 11 is 0. The summed E-state index contributed by atoms with van der Waals surface area (Å²) in [5.74, 6) is 0. The number of rotatable bonds is 6. The van der Waals surface area contributed by atoms with Crippen LogP contribution in [0.2, 0.25) is 0 Å². The average molecular weight is 229 g/mol. The monoisotopic (exact) mass is 229 g/mol. The summed E-state index contributed by atoms with van der Waals surface area (Å²) in [5, 5.41) is 0. The lowest BCUT2D eigenvalue weighted by Gasteiger charge is -2.35. The normalized spacial score (nSPS) is 24.9. The smallest absolute Gasteiger partial charge is 0.0829 e. The standard InChI is InChI=1S/C12H27N3O/c1-4-15-7-8-16-12(10-15)9-14(3)11(2)5-6-13/h11-12H,4-10,13H2,1-3H3. The van der Waals surface area contributed by atoms with Gasteiger partial charge in [0, 0.05) is 25.7 Å². The lowest BCUT2D eigenvalue weighted by molar-refractivity contribution is -0.0428. The second kappa shape index (κ2) is 7.22. The van der Waals surface area contributed by atoms with Crippen molar-refractivity contribution in [2.45, 2.75) is 32.4 Å². The molecule has 0 radical (unpaired) electrons. The molecular formula is C12H27N3O. The molecule has 4 heteroatoms. The Balaban J connectivity index is 2.29. The van der Waals surface area contributed by atoms with Crippen LogP contribution in [0.4, 0.5) is 0 Å².